The maximum Gasteiger partial charge on any atom is 0.0590 e. The molecule has 0 spiro atoms. The summed E-state index contributed by atoms with van der Waals surface area (Å²) in [4.78, 5) is 0. The summed E-state index contributed by atoms with van der Waals surface area (Å²) in [6.45, 7) is 4.38. The third-order valence-electron chi connectivity index (χ3n) is 3.56. The van der Waals surface area contributed by atoms with Gasteiger partial charge in [-0.15, -0.1) is 0 Å². The lowest BCUT2D eigenvalue weighted by molar-refractivity contribution is 0.0962. The normalized spacial score (nSPS) is 18.7. The second-order valence-electron chi connectivity index (χ2n) is 5.00. The van der Waals surface area contributed by atoms with Crippen molar-refractivity contribution in [1.29, 1.82) is 0 Å². The van der Waals surface area contributed by atoms with E-state index in [-0.39, 0.29) is 5.41 Å². The molecular formula is C13H27NO3. The van der Waals surface area contributed by atoms with Crippen LogP contribution in [0.25, 0.3) is 0 Å². The van der Waals surface area contributed by atoms with Crippen LogP contribution in [0.1, 0.15) is 32.1 Å². The lowest BCUT2D eigenvalue weighted by Crippen LogP contribution is -2.36. The van der Waals surface area contributed by atoms with Crippen LogP contribution in [-0.2, 0) is 9.47 Å². The van der Waals surface area contributed by atoms with Crippen molar-refractivity contribution in [3.05, 3.63) is 0 Å². The van der Waals surface area contributed by atoms with Crippen LogP contribution in [0, 0.1) is 5.41 Å². The smallest absolute Gasteiger partial charge is 0.0590 e. The number of ether oxygens (including phenoxy) is 2. The monoisotopic (exact) mass is 245 g/mol. The van der Waals surface area contributed by atoms with E-state index in [1.807, 2.05) is 0 Å². The van der Waals surface area contributed by atoms with Gasteiger partial charge in [-0.3, -0.25) is 0 Å². The molecule has 1 aliphatic rings. The van der Waals surface area contributed by atoms with Gasteiger partial charge in [-0.1, -0.05) is 12.8 Å². The Balaban J connectivity index is 1.92. The van der Waals surface area contributed by atoms with Gasteiger partial charge in [0.1, 0.15) is 0 Å². The standard InChI is InChI=1S/C13H27NO3/c1-16-8-4-9-17-10-7-14-11-13(12-15)5-2-3-6-13/h14-15H,2-12H2,1H3. The molecule has 1 rings (SSSR count). The molecule has 2 N–H and O–H groups in total. The molecule has 1 fully saturated rings. The van der Waals surface area contributed by atoms with Crippen molar-refractivity contribution in [3.63, 3.8) is 0 Å². The summed E-state index contributed by atoms with van der Waals surface area (Å²) in [6, 6.07) is 0. The molecule has 0 aliphatic heterocycles. The number of aliphatic hydroxyl groups is 1. The van der Waals surface area contributed by atoms with E-state index in [1.165, 1.54) is 12.8 Å². The Labute approximate surface area is 105 Å². The van der Waals surface area contributed by atoms with Crippen LogP contribution in [0.2, 0.25) is 0 Å². The van der Waals surface area contributed by atoms with Crippen molar-refractivity contribution >= 4 is 0 Å². The average molecular weight is 245 g/mol. The molecule has 0 aromatic carbocycles. The first kappa shape index (κ1) is 14.9. The number of hydrogen-bond acceptors (Lipinski definition) is 4. The molecule has 0 aromatic heterocycles. The second-order valence-corrected chi connectivity index (χ2v) is 5.00. The summed E-state index contributed by atoms with van der Waals surface area (Å²) in [7, 11) is 1.71. The summed E-state index contributed by atoms with van der Waals surface area (Å²) in [5, 5.41) is 12.8. The predicted octanol–water partition coefficient (Wildman–Crippen LogP) is 1.18. The second kappa shape index (κ2) is 8.86. The van der Waals surface area contributed by atoms with Crippen molar-refractivity contribution < 1.29 is 14.6 Å². The topological polar surface area (TPSA) is 50.7 Å². The van der Waals surface area contributed by atoms with E-state index in [0.29, 0.717) is 6.61 Å². The van der Waals surface area contributed by atoms with Gasteiger partial charge >= 0.3 is 0 Å². The first-order valence-electron chi connectivity index (χ1n) is 6.71. The molecule has 1 aliphatic carbocycles. The number of rotatable bonds is 10. The fourth-order valence-corrected chi connectivity index (χ4v) is 2.42. The molecule has 4 nitrogen and oxygen atoms in total. The molecule has 0 amide bonds. The third kappa shape index (κ3) is 5.82. The van der Waals surface area contributed by atoms with E-state index in [0.717, 1.165) is 52.2 Å². The molecule has 4 heteroatoms. The van der Waals surface area contributed by atoms with Crippen LogP contribution in [0.5, 0.6) is 0 Å². The van der Waals surface area contributed by atoms with Crippen LogP contribution in [0.3, 0.4) is 0 Å². The van der Waals surface area contributed by atoms with Crippen LogP contribution in [0.15, 0.2) is 0 Å². The SMILES string of the molecule is COCCCOCCNCC1(CO)CCCC1. The molecule has 1 saturated carbocycles. The minimum Gasteiger partial charge on any atom is -0.396 e. The number of nitrogens with one attached hydrogen (secondary N) is 1. The molecular weight excluding hydrogens is 218 g/mol. The van der Waals surface area contributed by atoms with E-state index >= 15 is 0 Å². The van der Waals surface area contributed by atoms with Crippen molar-refractivity contribution in [2.45, 2.75) is 32.1 Å². The molecule has 0 radical (unpaired) electrons. The average Bonchev–Trinajstić information content (AvgIpc) is 2.82. The minimum atomic E-state index is 0.149. The maximum atomic E-state index is 9.43. The zero-order chi connectivity index (χ0) is 12.4. The maximum absolute atomic E-state index is 9.43. The molecule has 0 saturated heterocycles. The van der Waals surface area contributed by atoms with Gasteiger partial charge in [0.25, 0.3) is 0 Å². The summed E-state index contributed by atoms with van der Waals surface area (Å²) in [5.41, 5.74) is 0.149. The van der Waals surface area contributed by atoms with Gasteiger partial charge in [0.2, 0.25) is 0 Å². The van der Waals surface area contributed by atoms with E-state index in [1.54, 1.807) is 7.11 Å². The Morgan fingerprint density at radius 2 is 1.94 bits per heavy atom. The fourth-order valence-electron chi connectivity index (χ4n) is 2.42. The fraction of sp³-hybridized carbons (Fsp3) is 1.00. The lowest BCUT2D eigenvalue weighted by atomic mass is 9.87. The highest BCUT2D eigenvalue weighted by molar-refractivity contribution is 4.85. The zero-order valence-corrected chi connectivity index (χ0v) is 11.0. The van der Waals surface area contributed by atoms with Gasteiger partial charge in [0.15, 0.2) is 0 Å². The Kier molecular flexibility index (Phi) is 7.77. The van der Waals surface area contributed by atoms with Crippen LogP contribution < -0.4 is 5.32 Å². The highest BCUT2D eigenvalue weighted by Gasteiger charge is 2.32. The van der Waals surface area contributed by atoms with Crippen molar-refractivity contribution in [2.75, 3.05) is 46.6 Å². The molecule has 102 valence electrons. The van der Waals surface area contributed by atoms with Gasteiger partial charge < -0.3 is 19.9 Å². The van der Waals surface area contributed by atoms with Crippen LogP contribution >= 0.6 is 0 Å². The molecule has 0 aromatic rings. The summed E-state index contributed by atoms with van der Waals surface area (Å²) in [6.07, 6.45) is 5.79. The Morgan fingerprint density at radius 1 is 1.18 bits per heavy atom. The summed E-state index contributed by atoms with van der Waals surface area (Å²) >= 11 is 0. The van der Waals surface area contributed by atoms with E-state index in [9.17, 15) is 5.11 Å². The van der Waals surface area contributed by atoms with Gasteiger partial charge in [-0.05, 0) is 19.3 Å². The molecule has 17 heavy (non-hydrogen) atoms. The number of methoxy groups -OCH3 is 1. The van der Waals surface area contributed by atoms with E-state index < -0.39 is 0 Å². The first-order chi connectivity index (χ1) is 8.33. The summed E-state index contributed by atoms with van der Waals surface area (Å²) < 4.78 is 10.4. The quantitative estimate of drug-likeness (QED) is 0.568. The Morgan fingerprint density at radius 3 is 2.59 bits per heavy atom. The third-order valence-corrected chi connectivity index (χ3v) is 3.56. The highest BCUT2D eigenvalue weighted by Crippen LogP contribution is 2.36. The van der Waals surface area contributed by atoms with E-state index in [4.69, 9.17) is 9.47 Å². The lowest BCUT2D eigenvalue weighted by Gasteiger charge is -2.26. The van der Waals surface area contributed by atoms with Crippen LogP contribution in [0.4, 0.5) is 0 Å². The minimum absolute atomic E-state index is 0.149. The first-order valence-corrected chi connectivity index (χ1v) is 6.71. The molecule has 0 heterocycles. The zero-order valence-electron chi connectivity index (χ0n) is 11.0. The van der Waals surface area contributed by atoms with Gasteiger partial charge in [-0.25, -0.2) is 0 Å². The Hall–Kier alpha value is -0.160. The van der Waals surface area contributed by atoms with Crippen LogP contribution in [-0.4, -0.2) is 51.7 Å². The van der Waals surface area contributed by atoms with Gasteiger partial charge in [-0.2, -0.15) is 0 Å². The van der Waals surface area contributed by atoms with E-state index in [2.05, 4.69) is 5.32 Å². The van der Waals surface area contributed by atoms with Crippen molar-refractivity contribution in [1.82, 2.24) is 5.32 Å². The largest absolute Gasteiger partial charge is 0.396 e. The molecule has 0 atom stereocenters. The van der Waals surface area contributed by atoms with Gasteiger partial charge in [0.05, 0.1) is 6.61 Å². The number of aliphatic hydroxyl groups excluding tert-OH is 1. The predicted molar refractivity (Wildman–Crippen MR) is 68.2 cm³/mol. The number of hydrogen-bond donors (Lipinski definition) is 2. The van der Waals surface area contributed by atoms with Crippen molar-refractivity contribution in [2.24, 2.45) is 5.41 Å². The molecule has 0 unspecified atom stereocenters. The van der Waals surface area contributed by atoms with Crippen molar-refractivity contribution in [3.8, 4) is 0 Å². The van der Waals surface area contributed by atoms with Gasteiger partial charge in [0, 0.05) is 45.4 Å². The highest BCUT2D eigenvalue weighted by atomic mass is 16.5. The molecule has 0 bridgehead atoms. The Bertz CT molecular complexity index is 182. The summed E-state index contributed by atoms with van der Waals surface area (Å²) in [5.74, 6) is 0.